The fourth-order valence-electron chi connectivity index (χ4n) is 2.75. The predicted octanol–water partition coefficient (Wildman–Crippen LogP) is 1.27. The first-order chi connectivity index (χ1) is 11.6. The van der Waals surface area contributed by atoms with Gasteiger partial charge >= 0.3 is 5.97 Å². The van der Waals surface area contributed by atoms with E-state index in [1.54, 1.807) is 0 Å². The largest absolute Gasteiger partial charge is 0.481 e. The van der Waals surface area contributed by atoms with Gasteiger partial charge in [-0.1, -0.05) is 13.3 Å². The summed E-state index contributed by atoms with van der Waals surface area (Å²) >= 11 is 0. The second-order valence-electron chi connectivity index (χ2n) is 6.04. The van der Waals surface area contributed by atoms with Gasteiger partial charge in [0.05, 0.1) is 32.8 Å². The first-order valence-corrected chi connectivity index (χ1v) is 9.02. The number of carboxylic acid groups (broad SMARTS) is 1. The lowest BCUT2D eigenvalue weighted by molar-refractivity contribution is -0.138. The van der Waals surface area contributed by atoms with Crippen LogP contribution in [0, 0.1) is 0 Å². The van der Waals surface area contributed by atoms with Crippen LogP contribution in [0.3, 0.4) is 0 Å². The molecular weight excluding hydrogens is 312 g/mol. The van der Waals surface area contributed by atoms with Gasteiger partial charge in [0.15, 0.2) is 0 Å². The van der Waals surface area contributed by atoms with Crippen LogP contribution < -0.4 is 5.32 Å². The molecule has 0 aromatic heterocycles. The molecule has 7 nitrogen and oxygen atoms in total. The number of carboxylic acids is 1. The number of carbonyl (C=O) groups excluding carboxylic acids is 1. The molecule has 0 aromatic rings. The van der Waals surface area contributed by atoms with E-state index < -0.39 is 5.97 Å². The Morgan fingerprint density at radius 2 is 1.75 bits per heavy atom. The van der Waals surface area contributed by atoms with Crippen molar-refractivity contribution in [3.05, 3.63) is 0 Å². The van der Waals surface area contributed by atoms with Gasteiger partial charge in [-0.15, -0.1) is 0 Å². The van der Waals surface area contributed by atoms with E-state index in [0.717, 1.165) is 38.8 Å². The molecule has 1 rings (SSSR count). The average Bonchev–Trinajstić information content (AvgIpc) is 2.59. The normalized spacial score (nSPS) is 15.4. The lowest BCUT2D eigenvalue weighted by Gasteiger charge is -2.34. The van der Waals surface area contributed by atoms with Gasteiger partial charge < -0.3 is 24.8 Å². The number of aliphatic carboxylic acids is 1. The highest BCUT2D eigenvalue weighted by Gasteiger charge is 2.24. The fourth-order valence-corrected chi connectivity index (χ4v) is 2.75. The van der Waals surface area contributed by atoms with E-state index >= 15 is 0 Å². The van der Waals surface area contributed by atoms with Crippen LogP contribution in [0.1, 0.15) is 45.4 Å². The molecule has 1 aliphatic heterocycles. The van der Waals surface area contributed by atoms with Crippen LogP contribution in [0.5, 0.6) is 0 Å². The zero-order chi connectivity index (χ0) is 17.6. The minimum atomic E-state index is -0.862. The predicted molar refractivity (Wildman–Crippen MR) is 91.0 cm³/mol. The third kappa shape index (κ3) is 9.20. The number of hydrogen-bond acceptors (Lipinski definition) is 5. The van der Waals surface area contributed by atoms with Gasteiger partial charge in [0.25, 0.3) is 0 Å². The molecule has 2 N–H and O–H groups in total. The Bertz CT molecular complexity index is 359. The van der Waals surface area contributed by atoms with E-state index in [1.165, 1.54) is 0 Å². The van der Waals surface area contributed by atoms with Gasteiger partial charge in [0.2, 0.25) is 5.91 Å². The molecule has 0 saturated carbocycles. The van der Waals surface area contributed by atoms with E-state index in [0.29, 0.717) is 38.8 Å². The van der Waals surface area contributed by atoms with Gasteiger partial charge in [-0.25, -0.2) is 0 Å². The van der Waals surface area contributed by atoms with E-state index in [1.807, 2.05) is 4.90 Å². The van der Waals surface area contributed by atoms with Crippen LogP contribution in [0.2, 0.25) is 0 Å². The highest BCUT2D eigenvalue weighted by atomic mass is 16.5. The Morgan fingerprint density at radius 3 is 2.38 bits per heavy atom. The molecule has 0 unspecified atom stereocenters. The summed E-state index contributed by atoms with van der Waals surface area (Å²) in [5.41, 5.74) is 0. The number of carbonyl (C=O) groups is 2. The summed E-state index contributed by atoms with van der Waals surface area (Å²) in [5, 5.41) is 11.8. The summed E-state index contributed by atoms with van der Waals surface area (Å²) in [7, 11) is 0. The molecule has 1 heterocycles. The van der Waals surface area contributed by atoms with Crippen molar-refractivity contribution >= 4 is 11.9 Å². The molecule has 7 heteroatoms. The number of ether oxygens (including phenoxy) is 2. The molecule has 140 valence electrons. The highest BCUT2D eigenvalue weighted by molar-refractivity contribution is 5.76. The van der Waals surface area contributed by atoms with Crippen LogP contribution in [-0.2, 0) is 19.1 Å². The first kappa shape index (κ1) is 20.9. The third-order valence-corrected chi connectivity index (χ3v) is 4.12. The molecule has 1 aliphatic rings. The summed E-state index contributed by atoms with van der Waals surface area (Å²) in [6.45, 7) is 6.12. The maximum absolute atomic E-state index is 12.4. The zero-order valence-corrected chi connectivity index (χ0v) is 14.8. The number of hydrogen-bond donors (Lipinski definition) is 2. The van der Waals surface area contributed by atoms with Crippen molar-refractivity contribution in [3.8, 4) is 0 Å². The second kappa shape index (κ2) is 13.1. The maximum atomic E-state index is 12.4. The standard InChI is InChI=1S/C17H32N2O5/c1-2-3-4-16(20)19(15-5-8-18-9-6-15)10-12-24-14-13-23-11-7-17(21)22/h15,18H,2-14H2,1H3,(H,21,22). The lowest BCUT2D eigenvalue weighted by Crippen LogP contribution is -2.47. The van der Waals surface area contributed by atoms with E-state index in [-0.39, 0.29) is 18.9 Å². The minimum absolute atomic E-state index is 0.00935. The monoisotopic (exact) mass is 344 g/mol. The molecule has 1 saturated heterocycles. The lowest BCUT2D eigenvalue weighted by atomic mass is 10.0. The average molecular weight is 344 g/mol. The minimum Gasteiger partial charge on any atom is -0.481 e. The number of nitrogens with one attached hydrogen (secondary N) is 1. The molecule has 0 aromatic carbocycles. The zero-order valence-electron chi connectivity index (χ0n) is 14.8. The van der Waals surface area contributed by atoms with Crippen molar-refractivity contribution in [1.29, 1.82) is 0 Å². The van der Waals surface area contributed by atoms with Crippen molar-refractivity contribution in [2.75, 3.05) is 46.1 Å². The molecule has 24 heavy (non-hydrogen) atoms. The smallest absolute Gasteiger partial charge is 0.305 e. The van der Waals surface area contributed by atoms with Gasteiger partial charge in [0.1, 0.15) is 0 Å². The molecule has 0 aliphatic carbocycles. The van der Waals surface area contributed by atoms with E-state index in [9.17, 15) is 9.59 Å². The van der Waals surface area contributed by atoms with Crippen LogP contribution in [0.15, 0.2) is 0 Å². The van der Waals surface area contributed by atoms with Crippen LogP contribution in [0.4, 0.5) is 0 Å². The summed E-state index contributed by atoms with van der Waals surface area (Å²) < 4.78 is 10.7. The van der Waals surface area contributed by atoms with Crippen molar-refractivity contribution in [3.63, 3.8) is 0 Å². The van der Waals surface area contributed by atoms with E-state index in [2.05, 4.69) is 12.2 Å². The third-order valence-electron chi connectivity index (χ3n) is 4.12. The molecule has 0 bridgehead atoms. The SMILES string of the molecule is CCCCC(=O)N(CCOCCOCCC(=O)O)C1CCNCC1. The Labute approximate surface area is 144 Å². The van der Waals surface area contributed by atoms with Crippen LogP contribution in [-0.4, -0.2) is 74.0 Å². The van der Waals surface area contributed by atoms with Gasteiger partial charge in [-0.2, -0.15) is 0 Å². The van der Waals surface area contributed by atoms with Gasteiger partial charge in [-0.3, -0.25) is 9.59 Å². The number of piperidine rings is 1. The molecule has 1 fully saturated rings. The second-order valence-corrected chi connectivity index (χ2v) is 6.04. The van der Waals surface area contributed by atoms with E-state index in [4.69, 9.17) is 14.6 Å². The highest BCUT2D eigenvalue weighted by Crippen LogP contribution is 2.14. The Morgan fingerprint density at radius 1 is 1.08 bits per heavy atom. The topological polar surface area (TPSA) is 88.1 Å². The van der Waals surface area contributed by atoms with Crippen LogP contribution in [0.25, 0.3) is 0 Å². The summed E-state index contributed by atoms with van der Waals surface area (Å²) in [6.07, 6.45) is 4.56. The summed E-state index contributed by atoms with van der Waals surface area (Å²) in [6, 6.07) is 0.311. The van der Waals surface area contributed by atoms with Crippen molar-refractivity contribution in [2.24, 2.45) is 0 Å². The van der Waals surface area contributed by atoms with Crippen molar-refractivity contribution < 1.29 is 24.2 Å². The number of amides is 1. The quantitative estimate of drug-likeness (QED) is 0.489. The number of rotatable bonds is 13. The molecule has 0 atom stereocenters. The van der Waals surface area contributed by atoms with Crippen LogP contribution >= 0.6 is 0 Å². The van der Waals surface area contributed by atoms with Gasteiger partial charge in [0, 0.05) is 19.0 Å². The molecule has 0 spiro atoms. The molecular formula is C17H32N2O5. The van der Waals surface area contributed by atoms with Gasteiger partial charge in [-0.05, 0) is 32.4 Å². The summed E-state index contributed by atoms with van der Waals surface area (Å²) in [4.78, 5) is 24.8. The first-order valence-electron chi connectivity index (χ1n) is 9.02. The van der Waals surface area contributed by atoms with Crippen molar-refractivity contribution in [1.82, 2.24) is 10.2 Å². The Balaban J connectivity index is 2.23. The number of unbranched alkanes of at least 4 members (excludes halogenated alkanes) is 1. The Hall–Kier alpha value is -1.18. The molecule has 1 amide bonds. The van der Waals surface area contributed by atoms with Crippen molar-refractivity contribution in [2.45, 2.75) is 51.5 Å². The molecule has 0 radical (unpaired) electrons. The number of nitrogens with zero attached hydrogens (tertiary/aromatic N) is 1. The fraction of sp³-hybridized carbons (Fsp3) is 0.882. The Kier molecular flexibility index (Phi) is 11.4. The summed E-state index contributed by atoms with van der Waals surface area (Å²) in [5.74, 6) is -0.635. The maximum Gasteiger partial charge on any atom is 0.305 e.